The van der Waals surface area contributed by atoms with Crippen LogP contribution in [-0.2, 0) is 5.75 Å². The molecule has 0 aliphatic heterocycles. The molecular formula is C10H13Cl2NS. The van der Waals surface area contributed by atoms with E-state index in [0.29, 0.717) is 10.2 Å². The number of halogens is 2. The minimum Gasteiger partial charge on any atom is -0.244 e. The normalized spacial score (nSPS) is 10.5. The van der Waals surface area contributed by atoms with Gasteiger partial charge < -0.3 is 0 Å². The third-order valence-corrected chi connectivity index (χ3v) is 3.45. The van der Waals surface area contributed by atoms with Crippen LogP contribution in [0.1, 0.15) is 25.3 Å². The van der Waals surface area contributed by atoms with Crippen molar-refractivity contribution >= 4 is 35.0 Å². The number of pyridine rings is 1. The molecule has 1 rings (SSSR count). The summed E-state index contributed by atoms with van der Waals surface area (Å²) in [5.74, 6) is 2.10. The topological polar surface area (TPSA) is 12.9 Å². The molecule has 78 valence electrons. The maximum Gasteiger partial charge on any atom is 0.130 e. The molecule has 0 aliphatic rings. The fourth-order valence-electron chi connectivity index (χ4n) is 0.971. The Balaban J connectivity index is 2.42. The summed E-state index contributed by atoms with van der Waals surface area (Å²) in [7, 11) is 0. The van der Waals surface area contributed by atoms with Crippen molar-refractivity contribution in [1.82, 2.24) is 4.98 Å². The fourth-order valence-corrected chi connectivity index (χ4v) is 2.57. The Kier molecular flexibility index (Phi) is 5.68. The van der Waals surface area contributed by atoms with Gasteiger partial charge in [-0.3, -0.25) is 0 Å². The van der Waals surface area contributed by atoms with Gasteiger partial charge in [0, 0.05) is 17.0 Å². The first-order valence-electron chi connectivity index (χ1n) is 4.61. The Labute approximate surface area is 99.2 Å². The standard InChI is InChI=1S/C10H13Cl2NS/c1-2-3-4-14-7-8-6-13-10(12)5-9(8)11/h5-6H,2-4,7H2,1H3. The van der Waals surface area contributed by atoms with Crippen LogP contribution in [0.15, 0.2) is 12.3 Å². The summed E-state index contributed by atoms with van der Waals surface area (Å²) >= 11 is 13.6. The number of aromatic nitrogens is 1. The second-order valence-electron chi connectivity index (χ2n) is 3.00. The Morgan fingerprint density at radius 2 is 2.21 bits per heavy atom. The highest BCUT2D eigenvalue weighted by molar-refractivity contribution is 7.98. The van der Waals surface area contributed by atoms with Gasteiger partial charge in [-0.2, -0.15) is 11.8 Å². The predicted octanol–water partition coefficient (Wildman–Crippen LogP) is 4.42. The van der Waals surface area contributed by atoms with Gasteiger partial charge in [0.05, 0.1) is 0 Å². The first-order chi connectivity index (χ1) is 6.74. The van der Waals surface area contributed by atoms with E-state index in [0.717, 1.165) is 11.3 Å². The Morgan fingerprint density at radius 1 is 1.43 bits per heavy atom. The molecule has 14 heavy (non-hydrogen) atoms. The quantitative estimate of drug-likeness (QED) is 0.566. The van der Waals surface area contributed by atoms with Crippen LogP contribution in [0.5, 0.6) is 0 Å². The molecule has 0 aromatic carbocycles. The van der Waals surface area contributed by atoms with Crippen LogP contribution in [0.2, 0.25) is 10.2 Å². The lowest BCUT2D eigenvalue weighted by Gasteiger charge is -2.03. The minimum absolute atomic E-state index is 0.456. The Hall–Kier alpha value is 0.0800. The minimum atomic E-state index is 0.456. The van der Waals surface area contributed by atoms with Gasteiger partial charge in [-0.15, -0.1) is 0 Å². The second-order valence-corrected chi connectivity index (χ2v) is 4.90. The molecule has 0 saturated carbocycles. The first-order valence-corrected chi connectivity index (χ1v) is 6.52. The van der Waals surface area contributed by atoms with E-state index in [1.165, 1.54) is 18.6 Å². The molecule has 0 atom stereocenters. The summed E-state index contributed by atoms with van der Waals surface area (Å²) in [6.07, 6.45) is 4.24. The Bertz CT molecular complexity index is 291. The molecule has 0 amide bonds. The molecule has 0 aliphatic carbocycles. The van der Waals surface area contributed by atoms with Gasteiger partial charge in [0.2, 0.25) is 0 Å². The number of hydrogen-bond acceptors (Lipinski definition) is 2. The van der Waals surface area contributed by atoms with Crippen LogP contribution in [0.3, 0.4) is 0 Å². The highest BCUT2D eigenvalue weighted by Crippen LogP contribution is 2.23. The molecule has 0 N–H and O–H groups in total. The zero-order chi connectivity index (χ0) is 10.4. The molecule has 0 bridgehead atoms. The largest absolute Gasteiger partial charge is 0.244 e. The maximum atomic E-state index is 6.00. The van der Waals surface area contributed by atoms with Crippen molar-refractivity contribution in [1.29, 1.82) is 0 Å². The predicted molar refractivity (Wildman–Crippen MR) is 65.3 cm³/mol. The van der Waals surface area contributed by atoms with Crippen LogP contribution in [0.25, 0.3) is 0 Å². The number of rotatable bonds is 5. The average molecular weight is 250 g/mol. The summed E-state index contributed by atoms with van der Waals surface area (Å²) in [5.41, 5.74) is 1.07. The van der Waals surface area contributed by atoms with Crippen LogP contribution >= 0.6 is 35.0 Å². The molecule has 0 radical (unpaired) electrons. The van der Waals surface area contributed by atoms with E-state index in [1.807, 2.05) is 11.8 Å². The summed E-state index contributed by atoms with van der Waals surface area (Å²) in [6.45, 7) is 2.19. The van der Waals surface area contributed by atoms with E-state index in [9.17, 15) is 0 Å². The number of nitrogens with zero attached hydrogens (tertiary/aromatic N) is 1. The molecule has 0 fully saturated rings. The Morgan fingerprint density at radius 3 is 2.86 bits per heavy atom. The smallest absolute Gasteiger partial charge is 0.130 e. The molecule has 0 saturated heterocycles. The van der Waals surface area contributed by atoms with Crippen molar-refractivity contribution < 1.29 is 0 Å². The lowest BCUT2D eigenvalue weighted by Crippen LogP contribution is -1.87. The monoisotopic (exact) mass is 249 g/mol. The molecule has 1 nitrogen and oxygen atoms in total. The van der Waals surface area contributed by atoms with E-state index in [4.69, 9.17) is 23.2 Å². The highest BCUT2D eigenvalue weighted by Gasteiger charge is 2.01. The molecule has 0 spiro atoms. The van der Waals surface area contributed by atoms with E-state index >= 15 is 0 Å². The van der Waals surface area contributed by atoms with Crippen LogP contribution in [0, 0.1) is 0 Å². The lowest BCUT2D eigenvalue weighted by molar-refractivity contribution is 0.896. The highest BCUT2D eigenvalue weighted by atomic mass is 35.5. The second kappa shape index (κ2) is 6.54. The van der Waals surface area contributed by atoms with Crippen molar-refractivity contribution in [2.75, 3.05) is 5.75 Å². The summed E-state index contributed by atoms with van der Waals surface area (Å²) in [5, 5.41) is 1.17. The van der Waals surface area contributed by atoms with Gasteiger partial charge in [-0.05, 0) is 23.8 Å². The van der Waals surface area contributed by atoms with Crippen molar-refractivity contribution in [3.8, 4) is 0 Å². The van der Waals surface area contributed by atoms with Crippen molar-refractivity contribution in [2.45, 2.75) is 25.5 Å². The van der Waals surface area contributed by atoms with E-state index < -0.39 is 0 Å². The van der Waals surface area contributed by atoms with Gasteiger partial charge in [-0.25, -0.2) is 4.98 Å². The van der Waals surface area contributed by atoms with Gasteiger partial charge >= 0.3 is 0 Å². The van der Waals surface area contributed by atoms with E-state index in [2.05, 4.69) is 11.9 Å². The van der Waals surface area contributed by atoms with Crippen molar-refractivity contribution in [3.05, 3.63) is 28.0 Å². The summed E-state index contributed by atoms with van der Waals surface area (Å²) in [4.78, 5) is 4.01. The fraction of sp³-hybridized carbons (Fsp3) is 0.500. The van der Waals surface area contributed by atoms with Gasteiger partial charge in [0.15, 0.2) is 0 Å². The molecule has 1 aromatic heterocycles. The lowest BCUT2D eigenvalue weighted by atomic mass is 10.3. The SMILES string of the molecule is CCCCSCc1cnc(Cl)cc1Cl. The summed E-state index contributed by atoms with van der Waals surface area (Å²) in [6, 6.07) is 1.69. The summed E-state index contributed by atoms with van der Waals surface area (Å²) < 4.78 is 0. The number of unbranched alkanes of at least 4 members (excludes halogenated alkanes) is 1. The zero-order valence-electron chi connectivity index (χ0n) is 8.09. The van der Waals surface area contributed by atoms with E-state index in [-0.39, 0.29) is 0 Å². The molecule has 4 heteroatoms. The maximum absolute atomic E-state index is 6.00. The molecule has 1 aromatic rings. The van der Waals surface area contributed by atoms with Crippen LogP contribution < -0.4 is 0 Å². The van der Waals surface area contributed by atoms with Crippen LogP contribution in [-0.4, -0.2) is 10.7 Å². The number of hydrogen-bond donors (Lipinski definition) is 0. The van der Waals surface area contributed by atoms with E-state index in [1.54, 1.807) is 12.3 Å². The zero-order valence-corrected chi connectivity index (χ0v) is 10.4. The number of thioether (sulfide) groups is 1. The van der Waals surface area contributed by atoms with Gasteiger partial charge in [-0.1, -0.05) is 36.5 Å². The molecular weight excluding hydrogens is 237 g/mol. The van der Waals surface area contributed by atoms with Crippen LogP contribution in [0.4, 0.5) is 0 Å². The molecule has 0 unspecified atom stereocenters. The van der Waals surface area contributed by atoms with Gasteiger partial charge in [0.25, 0.3) is 0 Å². The molecule has 1 heterocycles. The third-order valence-electron chi connectivity index (χ3n) is 1.80. The average Bonchev–Trinajstić information content (AvgIpc) is 2.15. The van der Waals surface area contributed by atoms with Crippen molar-refractivity contribution in [3.63, 3.8) is 0 Å². The third kappa shape index (κ3) is 4.07. The van der Waals surface area contributed by atoms with Gasteiger partial charge in [0.1, 0.15) is 5.15 Å². The van der Waals surface area contributed by atoms with Crippen molar-refractivity contribution in [2.24, 2.45) is 0 Å². The first kappa shape index (κ1) is 12.2.